The molecule has 1 fully saturated rings. The Kier molecular flexibility index (Phi) is 5.87. The lowest BCUT2D eigenvalue weighted by Gasteiger charge is -2.38. The largest absolute Gasteiger partial charge is 0.400 e. The monoisotopic (exact) mass is 441 g/mol. The second-order valence-corrected chi connectivity index (χ2v) is 8.23. The zero-order chi connectivity index (χ0) is 22.1. The van der Waals surface area contributed by atoms with E-state index in [1.165, 1.54) is 4.90 Å². The van der Waals surface area contributed by atoms with Crippen LogP contribution in [-0.4, -0.2) is 60.8 Å². The Morgan fingerprint density at radius 1 is 1.06 bits per heavy atom. The van der Waals surface area contributed by atoms with E-state index in [4.69, 9.17) is 22.7 Å². The zero-order valence-electron chi connectivity index (χ0n) is 17.2. The van der Waals surface area contributed by atoms with Crippen molar-refractivity contribution >= 4 is 39.8 Å². The summed E-state index contributed by atoms with van der Waals surface area (Å²) < 4.78 is 13.1. The fraction of sp³-hybridized carbons (Fsp3) is 0.304. The van der Waals surface area contributed by atoms with Gasteiger partial charge in [0.1, 0.15) is 5.84 Å². The maximum absolute atomic E-state index is 13.1. The molecule has 162 valence electrons. The van der Waals surface area contributed by atoms with E-state index >= 15 is 0 Å². The van der Waals surface area contributed by atoms with Gasteiger partial charge in [0.15, 0.2) is 5.83 Å². The van der Waals surface area contributed by atoms with E-state index in [0.29, 0.717) is 55.7 Å². The van der Waals surface area contributed by atoms with Gasteiger partial charge < -0.3 is 20.4 Å². The number of hydrogen-bond acceptors (Lipinski definition) is 4. The van der Waals surface area contributed by atoms with Gasteiger partial charge in [-0.15, -0.1) is 0 Å². The molecule has 8 heteroatoms. The predicted octanol–water partition coefficient (Wildman–Crippen LogP) is 3.52. The Labute approximate surface area is 185 Å². The van der Waals surface area contributed by atoms with Crippen LogP contribution in [0, 0.1) is 5.41 Å². The van der Waals surface area contributed by atoms with Gasteiger partial charge >= 0.3 is 0 Å². The molecule has 2 aromatic carbocycles. The number of benzene rings is 2. The molecule has 0 saturated carbocycles. The highest BCUT2D eigenvalue weighted by Gasteiger charge is 2.28. The van der Waals surface area contributed by atoms with Crippen LogP contribution in [0.5, 0.6) is 0 Å². The van der Waals surface area contributed by atoms with Crippen LogP contribution >= 0.6 is 11.6 Å². The van der Waals surface area contributed by atoms with E-state index in [1.807, 2.05) is 41.3 Å². The summed E-state index contributed by atoms with van der Waals surface area (Å²) >= 11 is 6.48. The summed E-state index contributed by atoms with van der Waals surface area (Å²) in [5.74, 6) is -1.23. The third kappa shape index (κ3) is 4.10. The molecule has 2 aliphatic heterocycles. The molecule has 31 heavy (non-hydrogen) atoms. The van der Waals surface area contributed by atoms with Crippen LogP contribution in [0.25, 0.3) is 10.8 Å². The van der Waals surface area contributed by atoms with Crippen molar-refractivity contribution in [2.45, 2.75) is 6.42 Å². The van der Waals surface area contributed by atoms with Crippen molar-refractivity contribution in [3.05, 3.63) is 65.1 Å². The number of fused-ring (bicyclic) bond motifs is 1. The third-order valence-corrected chi connectivity index (χ3v) is 6.27. The van der Waals surface area contributed by atoms with E-state index in [1.54, 1.807) is 0 Å². The van der Waals surface area contributed by atoms with E-state index < -0.39 is 11.7 Å². The first-order valence-corrected chi connectivity index (χ1v) is 10.6. The van der Waals surface area contributed by atoms with Crippen LogP contribution in [0.4, 0.5) is 10.1 Å². The topological polar surface area (TPSA) is 76.7 Å². The molecule has 2 heterocycles. The molecule has 4 rings (SSSR count). The summed E-state index contributed by atoms with van der Waals surface area (Å²) in [7, 11) is 0. The SMILES string of the molecule is C=C(F)C(=O)N1CCN(C(=N)C2=C(N)CN(c3cccc4cccc(Cl)c34)CC2)CC1. The van der Waals surface area contributed by atoms with Gasteiger partial charge in [-0.05, 0) is 23.9 Å². The smallest absolute Gasteiger partial charge is 0.282 e. The first kappa shape index (κ1) is 21.2. The van der Waals surface area contributed by atoms with Gasteiger partial charge in [0.05, 0.1) is 11.6 Å². The van der Waals surface area contributed by atoms with Crippen molar-refractivity contribution < 1.29 is 9.18 Å². The number of carbonyl (C=O) groups is 1. The minimum absolute atomic E-state index is 0.359. The number of hydrogen-bond donors (Lipinski definition) is 2. The first-order chi connectivity index (χ1) is 14.9. The summed E-state index contributed by atoms with van der Waals surface area (Å²) in [5, 5.41) is 11.4. The van der Waals surface area contributed by atoms with Crippen LogP contribution in [-0.2, 0) is 4.79 Å². The molecule has 0 unspecified atom stereocenters. The Balaban J connectivity index is 1.48. The number of amides is 1. The molecule has 0 bridgehead atoms. The van der Waals surface area contributed by atoms with Crippen LogP contribution in [0.1, 0.15) is 6.42 Å². The molecular formula is C23H25ClFN5O. The Hall–Kier alpha value is -3.06. The molecule has 0 aromatic heterocycles. The lowest BCUT2D eigenvalue weighted by atomic mass is 10.0. The Bertz CT molecular complexity index is 1090. The number of amidine groups is 1. The number of rotatable bonds is 3. The van der Waals surface area contributed by atoms with Gasteiger partial charge in [0.2, 0.25) is 0 Å². The summed E-state index contributed by atoms with van der Waals surface area (Å²) in [6, 6.07) is 12.0. The van der Waals surface area contributed by atoms with Crippen LogP contribution in [0.15, 0.2) is 60.1 Å². The minimum atomic E-state index is -0.948. The highest BCUT2D eigenvalue weighted by atomic mass is 35.5. The Morgan fingerprint density at radius 2 is 1.71 bits per heavy atom. The second-order valence-electron chi connectivity index (χ2n) is 7.82. The molecule has 2 aromatic rings. The molecule has 6 nitrogen and oxygen atoms in total. The molecule has 1 saturated heterocycles. The van der Waals surface area contributed by atoms with Crippen molar-refractivity contribution in [1.82, 2.24) is 9.80 Å². The lowest BCUT2D eigenvalue weighted by Crippen LogP contribution is -2.51. The molecule has 0 atom stereocenters. The number of nitrogens with two attached hydrogens (primary N) is 1. The standard InChI is InChI=1S/C23H25ClFN5O/c1-15(25)23(31)29-12-10-28(11-13-29)22(27)17-8-9-30(14-19(17)26)20-7-3-5-16-4-2-6-18(24)21(16)20/h2-7,27H,1,8-14,26H2. The average molecular weight is 442 g/mol. The minimum Gasteiger partial charge on any atom is -0.400 e. The molecule has 0 radical (unpaired) electrons. The van der Waals surface area contributed by atoms with E-state index in [0.717, 1.165) is 28.6 Å². The fourth-order valence-electron chi connectivity index (χ4n) is 4.30. The normalized spacial score (nSPS) is 17.3. The maximum Gasteiger partial charge on any atom is 0.282 e. The maximum atomic E-state index is 13.1. The number of anilines is 1. The van der Waals surface area contributed by atoms with Crippen LogP contribution < -0.4 is 10.6 Å². The molecule has 2 aliphatic rings. The first-order valence-electron chi connectivity index (χ1n) is 10.2. The van der Waals surface area contributed by atoms with Crippen molar-refractivity contribution in [2.24, 2.45) is 5.73 Å². The molecular weight excluding hydrogens is 417 g/mol. The molecule has 0 spiro atoms. The number of nitrogens with zero attached hydrogens (tertiary/aromatic N) is 3. The van der Waals surface area contributed by atoms with Gasteiger partial charge in [-0.3, -0.25) is 10.2 Å². The van der Waals surface area contributed by atoms with Gasteiger partial charge in [-0.2, -0.15) is 0 Å². The summed E-state index contributed by atoms with van der Waals surface area (Å²) in [5.41, 5.74) is 8.95. The van der Waals surface area contributed by atoms with Crippen molar-refractivity contribution in [1.29, 1.82) is 5.41 Å². The highest BCUT2D eigenvalue weighted by Crippen LogP contribution is 2.34. The van der Waals surface area contributed by atoms with E-state index in [9.17, 15) is 9.18 Å². The fourth-order valence-corrected chi connectivity index (χ4v) is 4.58. The van der Waals surface area contributed by atoms with Crippen molar-refractivity contribution in [2.75, 3.05) is 44.2 Å². The van der Waals surface area contributed by atoms with Crippen molar-refractivity contribution in [3.63, 3.8) is 0 Å². The van der Waals surface area contributed by atoms with Gasteiger partial charge in [-0.25, -0.2) is 4.39 Å². The summed E-state index contributed by atoms with van der Waals surface area (Å²) in [6.07, 6.45) is 0.645. The summed E-state index contributed by atoms with van der Waals surface area (Å²) in [6.45, 7) is 5.97. The van der Waals surface area contributed by atoms with Gasteiger partial charge in [-0.1, -0.05) is 42.4 Å². The predicted molar refractivity (Wildman–Crippen MR) is 123 cm³/mol. The Morgan fingerprint density at radius 3 is 2.35 bits per heavy atom. The summed E-state index contributed by atoms with van der Waals surface area (Å²) in [4.78, 5) is 17.3. The van der Waals surface area contributed by atoms with Gasteiger partial charge in [0.25, 0.3) is 5.91 Å². The number of halogens is 2. The quantitative estimate of drug-likeness (QED) is 0.434. The number of piperazine rings is 1. The zero-order valence-corrected chi connectivity index (χ0v) is 18.0. The number of nitrogens with one attached hydrogen (secondary N) is 1. The van der Waals surface area contributed by atoms with E-state index in [-0.39, 0.29) is 0 Å². The number of carbonyl (C=O) groups excluding carboxylic acids is 1. The van der Waals surface area contributed by atoms with Crippen molar-refractivity contribution in [3.8, 4) is 0 Å². The van der Waals surface area contributed by atoms with Gasteiger partial charge in [0, 0.05) is 55.1 Å². The lowest BCUT2D eigenvalue weighted by molar-refractivity contribution is -0.129. The van der Waals surface area contributed by atoms with E-state index in [2.05, 4.69) is 11.5 Å². The van der Waals surface area contributed by atoms with Crippen LogP contribution in [0.3, 0.4) is 0 Å². The molecule has 1 amide bonds. The molecule has 0 aliphatic carbocycles. The highest BCUT2D eigenvalue weighted by molar-refractivity contribution is 6.36. The third-order valence-electron chi connectivity index (χ3n) is 5.95. The second kappa shape index (κ2) is 8.59. The molecule has 3 N–H and O–H groups in total. The average Bonchev–Trinajstić information content (AvgIpc) is 2.78. The van der Waals surface area contributed by atoms with Crippen LogP contribution in [0.2, 0.25) is 5.02 Å².